The number of rotatable bonds is 3. The highest BCUT2D eigenvalue weighted by Gasteiger charge is 2.44. The molecule has 0 spiro atoms. The van der Waals surface area contributed by atoms with Crippen LogP contribution in [0.15, 0.2) is 36.5 Å². The van der Waals surface area contributed by atoms with E-state index in [0.29, 0.717) is 6.42 Å². The molecule has 2 heterocycles. The standard InChI is InChI=1S/C18H20F2N2O2/c1-11-2-3-12(8-22-11)17-6-13(9-23)18(21,10-24-17)15-5-4-14(19)7-16(15)20/h2-5,7-8,13,17,23H,6,9-10,21H2,1H3/t13-,17+,18-/m0/s1. The Bertz CT molecular complexity index is 723. The SMILES string of the molecule is Cc1ccc([C@H]2C[C@@H](CO)[C@](N)(c3ccc(F)cc3F)CO2)cn1. The summed E-state index contributed by atoms with van der Waals surface area (Å²) in [4.78, 5) is 4.25. The second-order valence-corrected chi connectivity index (χ2v) is 6.31. The molecule has 1 saturated heterocycles. The van der Waals surface area contributed by atoms with Crippen LogP contribution in [-0.2, 0) is 10.3 Å². The van der Waals surface area contributed by atoms with Crippen molar-refractivity contribution in [3.8, 4) is 0 Å². The number of aryl methyl sites for hydroxylation is 1. The summed E-state index contributed by atoms with van der Waals surface area (Å²) in [5.41, 5.74) is 7.12. The summed E-state index contributed by atoms with van der Waals surface area (Å²) >= 11 is 0. The smallest absolute Gasteiger partial charge is 0.131 e. The molecule has 24 heavy (non-hydrogen) atoms. The van der Waals surface area contributed by atoms with E-state index >= 15 is 0 Å². The monoisotopic (exact) mass is 334 g/mol. The van der Waals surface area contributed by atoms with Crippen molar-refractivity contribution in [3.05, 3.63) is 65.0 Å². The lowest BCUT2D eigenvalue weighted by atomic mass is 9.74. The van der Waals surface area contributed by atoms with Crippen LogP contribution < -0.4 is 5.73 Å². The summed E-state index contributed by atoms with van der Waals surface area (Å²) in [6.45, 7) is 1.70. The van der Waals surface area contributed by atoms with Crippen LogP contribution in [-0.4, -0.2) is 23.3 Å². The summed E-state index contributed by atoms with van der Waals surface area (Å²) in [7, 11) is 0. The molecule has 128 valence electrons. The minimum atomic E-state index is -1.21. The van der Waals surface area contributed by atoms with Gasteiger partial charge in [0.2, 0.25) is 0 Å². The van der Waals surface area contributed by atoms with Crippen LogP contribution in [0.1, 0.15) is 29.3 Å². The zero-order valence-electron chi connectivity index (χ0n) is 13.4. The van der Waals surface area contributed by atoms with E-state index in [1.807, 2.05) is 19.1 Å². The number of halogens is 2. The molecule has 2 aromatic rings. The van der Waals surface area contributed by atoms with Crippen LogP contribution >= 0.6 is 0 Å². The van der Waals surface area contributed by atoms with Crippen molar-refractivity contribution in [2.24, 2.45) is 11.7 Å². The van der Waals surface area contributed by atoms with Gasteiger partial charge in [-0.3, -0.25) is 4.98 Å². The maximum atomic E-state index is 14.2. The molecule has 3 N–H and O–H groups in total. The van der Waals surface area contributed by atoms with Crippen LogP contribution in [0.25, 0.3) is 0 Å². The predicted octanol–water partition coefficient (Wildman–Crippen LogP) is 2.59. The molecule has 0 unspecified atom stereocenters. The Morgan fingerprint density at radius 3 is 2.75 bits per heavy atom. The Morgan fingerprint density at radius 1 is 1.33 bits per heavy atom. The first-order valence-electron chi connectivity index (χ1n) is 7.83. The lowest BCUT2D eigenvalue weighted by Crippen LogP contribution is -2.53. The lowest BCUT2D eigenvalue weighted by Gasteiger charge is -2.43. The molecule has 1 aliphatic heterocycles. The number of hydrogen-bond donors (Lipinski definition) is 2. The van der Waals surface area contributed by atoms with Gasteiger partial charge in [0.25, 0.3) is 0 Å². The molecule has 6 heteroatoms. The van der Waals surface area contributed by atoms with Gasteiger partial charge in [0.15, 0.2) is 0 Å². The summed E-state index contributed by atoms with van der Waals surface area (Å²) in [6.07, 6.45) is 1.89. The third-order valence-corrected chi connectivity index (χ3v) is 4.71. The summed E-state index contributed by atoms with van der Waals surface area (Å²) < 4.78 is 33.2. The van der Waals surface area contributed by atoms with Crippen molar-refractivity contribution in [1.29, 1.82) is 0 Å². The first kappa shape index (κ1) is 17.0. The van der Waals surface area contributed by atoms with E-state index in [0.717, 1.165) is 23.4 Å². The Labute approximate surface area is 139 Å². The van der Waals surface area contributed by atoms with E-state index in [-0.39, 0.29) is 24.9 Å². The van der Waals surface area contributed by atoms with Crippen molar-refractivity contribution in [2.45, 2.75) is 25.0 Å². The molecule has 0 amide bonds. The number of nitrogens with zero attached hydrogens (tertiary/aromatic N) is 1. The summed E-state index contributed by atoms with van der Waals surface area (Å²) in [5.74, 6) is -1.81. The van der Waals surface area contributed by atoms with Gasteiger partial charge in [-0.25, -0.2) is 8.78 Å². The number of ether oxygens (including phenoxy) is 1. The minimum Gasteiger partial charge on any atom is -0.396 e. The van der Waals surface area contributed by atoms with Crippen molar-refractivity contribution in [1.82, 2.24) is 4.98 Å². The molecular formula is C18H20F2N2O2. The van der Waals surface area contributed by atoms with Crippen LogP contribution in [0.5, 0.6) is 0 Å². The second kappa shape index (κ2) is 6.55. The lowest BCUT2D eigenvalue weighted by molar-refractivity contribution is -0.0780. The molecule has 4 nitrogen and oxygen atoms in total. The molecule has 1 aliphatic rings. The molecule has 0 bridgehead atoms. The van der Waals surface area contributed by atoms with Gasteiger partial charge in [0.1, 0.15) is 11.6 Å². The zero-order chi connectivity index (χ0) is 17.3. The van der Waals surface area contributed by atoms with Gasteiger partial charge in [-0.05, 0) is 31.0 Å². The quantitative estimate of drug-likeness (QED) is 0.905. The Hall–Kier alpha value is -1.89. The summed E-state index contributed by atoms with van der Waals surface area (Å²) in [5, 5.41) is 9.79. The Morgan fingerprint density at radius 2 is 2.12 bits per heavy atom. The third-order valence-electron chi connectivity index (χ3n) is 4.71. The Kier molecular flexibility index (Phi) is 4.62. The van der Waals surface area contributed by atoms with E-state index in [2.05, 4.69) is 4.98 Å². The van der Waals surface area contributed by atoms with Crippen molar-refractivity contribution in [2.75, 3.05) is 13.2 Å². The van der Waals surface area contributed by atoms with Crippen molar-refractivity contribution in [3.63, 3.8) is 0 Å². The maximum absolute atomic E-state index is 14.2. The molecule has 1 aromatic heterocycles. The average Bonchev–Trinajstić information content (AvgIpc) is 2.56. The molecule has 0 radical (unpaired) electrons. The van der Waals surface area contributed by atoms with E-state index in [1.54, 1.807) is 6.20 Å². The predicted molar refractivity (Wildman–Crippen MR) is 85.1 cm³/mol. The largest absolute Gasteiger partial charge is 0.396 e. The zero-order valence-corrected chi connectivity index (χ0v) is 13.4. The van der Waals surface area contributed by atoms with Gasteiger partial charge in [-0.1, -0.05) is 12.1 Å². The van der Waals surface area contributed by atoms with Crippen LogP contribution in [0.3, 0.4) is 0 Å². The fraction of sp³-hybridized carbons (Fsp3) is 0.389. The topological polar surface area (TPSA) is 68.4 Å². The number of benzene rings is 1. The van der Waals surface area contributed by atoms with E-state index in [9.17, 15) is 13.9 Å². The molecular weight excluding hydrogens is 314 g/mol. The second-order valence-electron chi connectivity index (χ2n) is 6.31. The first-order chi connectivity index (χ1) is 11.4. The highest BCUT2D eigenvalue weighted by atomic mass is 19.1. The van der Waals surface area contributed by atoms with Crippen molar-refractivity contribution < 1.29 is 18.6 Å². The fourth-order valence-corrected chi connectivity index (χ4v) is 3.20. The first-order valence-corrected chi connectivity index (χ1v) is 7.83. The fourth-order valence-electron chi connectivity index (χ4n) is 3.20. The summed E-state index contributed by atoms with van der Waals surface area (Å²) in [6, 6.07) is 7.09. The molecule has 0 aliphatic carbocycles. The average molecular weight is 334 g/mol. The molecule has 1 aromatic carbocycles. The van der Waals surface area contributed by atoms with Gasteiger partial charge in [0.05, 0.1) is 18.2 Å². The molecule has 1 fully saturated rings. The number of aliphatic hydroxyl groups excluding tert-OH is 1. The van der Waals surface area contributed by atoms with Gasteiger partial charge in [-0.2, -0.15) is 0 Å². The third kappa shape index (κ3) is 3.05. The van der Waals surface area contributed by atoms with Gasteiger partial charge in [0, 0.05) is 36.0 Å². The van der Waals surface area contributed by atoms with Crippen molar-refractivity contribution >= 4 is 0 Å². The van der Waals surface area contributed by atoms with E-state index in [1.165, 1.54) is 6.07 Å². The maximum Gasteiger partial charge on any atom is 0.131 e. The van der Waals surface area contributed by atoms with Gasteiger partial charge >= 0.3 is 0 Å². The normalized spacial score (nSPS) is 27.2. The van der Waals surface area contributed by atoms with Crippen LogP contribution in [0, 0.1) is 24.5 Å². The molecule has 3 atom stereocenters. The van der Waals surface area contributed by atoms with E-state index < -0.39 is 23.1 Å². The number of hydrogen-bond acceptors (Lipinski definition) is 4. The van der Waals surface area contributed by atoms with Gasteiger partial charge < -0.3 is 15.6 Å². The Balaban J connectivity index is 1.88. The number of nitrogens with two attached hydrogens (primary N) is 1. The highest BCUT2D eigenvalue weighted by molar-refractivity contribution is 5.29. The van der Waals surface area contributed by atoms with Gasteiger partial charge in [-0.15, -0.1) is 0 Å². The highest BCUT2D eigenvalue weighted by Crippen LogP contribution is 2.41. The minimum absolute atomic E-state index is 0.0271. The van der Waals surface area contributed by atoms with Crippen LogP contribution in [0.4, 0.5) is 8.78 Å². The molecule has 0 saturated carbocycles. The van der Waals surface area contributed by atoms with E-state index in [4.69, 9.17) is 10.5 Å². The van der Waals surface area contributed by atoms with Crippen LogP contribution in [0.2, 0.25) is 0 Å². The number of pyridine rings is 1. The molecule has 3 rings (SSSR count). The number of aromatic nitrogens is 1. The number of aliphatic hydroxyl groups is 1.